The van der Waals surface area contributed by atoms with Gasteiger partial charge in [0.1, 0.15) is 5.82 Å². The second-order valence-corrected chi connectivity index (χ2v) is 6.58. The lowest BCUT2D eigenvalue weighted by atomic mass is 10.1. The molecule has 30 heavy (non-hydrogen) atoms. The van der Waals surface area contributed by atoms with Crippen LogP contribution in [-0.4, -0.2) is 28.3 Å². The summed E-state index contributed by atoms with van der Waals surface area (Å²) in [5.74, 6) is -0.904. The average molecular weight is 407 g/mol. The third-order valence-corrected chi connectivity index (χ3v) is 4.37. The Balaban J connectivity index is 1.66. The molecule has 1 N–H and O–H groups in total. The molecule has 0 bridgehead atoms. The minimum atomic E-state index is -0.314. The predicted molar refractivity (Wildman–Crippen MR) is 113 cm³/mol. The summed E-state index contributed by atoms with van der Waals surface area (Å²) in [6.45, 7) is 2.11. The number of hydrogen-bond acceptors (Lipinski definition) is 4. The summed E-state index contributed by atoms with van der Waals surface area (Å²) >= 11 is 0. The normalized spacial score (nSPS) is 10.9. The lowest BCUT2D eigenvalue weighted by molar-refractivity contribution is -0.142. The number of amides is 1. The van der Waals surface area contributed by atoms with Crippen LogP contribution >= 0.6 is 0 Å². The van der Waals surface area contributed by atoms with E-state index in [1.165, 1.54) is 18.2 Å². The molecule has 3 rings (SSSR count). The Labute approximate surface area is 174 Å². The molecule has 0 saturated heterocycles. The zero-order valence-electron chi connectivity index (χ0n) is 16.8. The Morgan fingerprint density at radius 3 is 2.50 bits per heavy atom. The third-order valence-electron chi connectivity index (χ3n) is 4.37. The van der Waals surface area contributed by atoms with Gasteiger partial charge in [-0.1, -0.05) is 12.1 Å². The molecule has 7 heteroatoms. The van der Waals surface area contributed by atoms with E-state index in [2.05, 4.69) is 10.4 Å². The van der Waals surface area contributed by atoms with E-state index in [9.17, 15) is 14.0 Å². The molecule has 0 saturated carbocycles. The highest BCUT2D eigenvalue weighted by molar-refractivity contribution is 6.02. The van der Waals surface area contributed by atoms with Gasteiger partial charge in [0.15, 0.2) is 0 Å². The number of halogens is 1. The van der Waals surface area contributed by atoms with E-state index in [1.807, 2.05) is 0 Å². The molecular formula is C23H22FN3O3. The number of esters is 1. The molecule has 6 nitrogen and oxygen atoms in total. The molecular weight excluding hydrogens is 385 g/mol. The molecule has 1 aromatic heterocycles. The van der Waals surface area contributed by atoms with Gasteiger partial charge < -0.3 is 10.1 Å². The number of carbonyl (C=O) groups excluding carboxylic acids is 2. The maximum atomic E-state index is 13.2. The van der Waals surface area contributed by atoms with Gasteiger partial charge in [-0.15, -0.1) is 0 Å². The lowest BCUT2D eigenvalue weighted by Crippen LogP contribution is -2.09. The summed E-state index contributed by atoms with van der Waals surface area (Å²) < 4.78 is 19.8. The van der Waals surface area contributed by atoms with Crippen molar-refractivity contribution in [2.45, 2.75) is 13.3 Å². The van der Waals surface area contributed by atoms with Crippen molar-refractivity contribution in [3.05, 3.63) is 77.7 Å². The summed E-state index contributed by atoms with van der Waals surface area (Å²) in [5, 5.41) is 7.00. The van der Waals surface area contributed by atoms with Crippen molar-refractivity contribution in [3.63, 3.8) is 0 Å². The van der Waals surface area contributed by atoms with Gasteiger partial charge in [-0.3, -0.25) is 14.3 Å². The van der Waals surface area contributed by atoms with Crippen LogP contribution < -0.4 is 5.32 Å². The molecule has 0 spiro atoms. The fraction of sp³-hybridized carbons (Fsp3) is 0.174. The van der Waals surface area contributed by atoms with Crippen molar-refractivity contribution in [3.8, 4) is 11.3 Å². The zero-order chi connectivity index (χ0) is 21.5. The monoisotopic (exact) mass is 407 g/mol. The molecule has 0 unspecified atom stereocenters. The van der Waals surface area contributed by atoms with E-state index in [0.29, 0.717) is 12.3 Å². The van der Waals surface area contributed by atoms with E-state index in [0.717, 1.165) is 22.4 Å². The summed E-state index contributed by atoms with van der Waals surface area (Å²) in [6, 6.07) is 13.1. The summed E-state index contributed by atoms with van der Waals surface area (Å²) in [5.41, 5.74) is 3.74. The van der Waals surface area contributed by atoms with Crippen LogP contribution in [0.15, 0.2) is 60.8 Å². The number of carbonyl (C=O) groups is 2. The van der Waals surface area contributed by atoms with Crippen LogP contribution in [0.4, 0.5) is 10.1 Å². The van der Waals surface area contributed by atoms with Gasteiger partial charge >= 0.3 is 5.97 Å². The largest absolute Gasteiger partial charge is 0.466 e. The molecule has 0 aliphatic heterocycles. The first-order chi connectivity index (χ1) is 14.5. The van der Waals surface area contributed by atoms with Crippen molar-refractivity contribution in [1.82, 2.24) is 9.78 Å². The number of anilines is 1. The Bertz CT molecular complexity index is 1050. The van der Waals surface area contributed by atoms with Crippen LogP contribution in [0.1, 0.15) is 18.1 Å². The van der Waals surface area contributed by atoms with Gasteiger partial charge in [-0.2, -0.15) is 5.10 Å². The summed E-state index contributed by atoms with van der Waals surface area (Å²) in [7, 11) is 1.79. The van der Waals surface area contributed by atoms with Gasteiger partial charge in [-0.25, -0.2) is 4.39 Å². The van der Waals surface area contributed by atoms with Crippen LogP contribution in [0.25, 0.3) is 17.3 Å². The standard InChI is InChI=1S/C23H22FN3O3/c1-3-30-22(29)14-16-4-11-20(12-5-16)26-21(28)13-8-18-15-25-27(2)23(18)17-6-9-19(24)10-7-17/h4-13,15H,3,14H2,1-2H3,(H,26,28). The first-order valence-corrected chi connectivity index (χ1v) is 9.48. The second-order valence-electron chi connectivity index (χ2n) is 6.58. The van der Waals surface area contributed by atoms with Gasteiger partial charge in [0, 0.05) is 29.9 Å². The highest BCUT2D eigenvalue weighted by Gasteiger charge is 2.10. The molecule has 1 heterocycles. The number of rotatable bonds is 7. The van der Waals surface area contributed by atoms with Crippen LogP contribution in [0.3, 0.4) is 0 Å². The second kappa shape index (κ2) is 9.65. The average Bonchev–Trinajstić information content (AvgIpc) is 3.09. The van der Waals surface area contributed by atoms with E-state index in [4.69, 9.17) is 4.74 Å². The fourth-order valence-electron chi connectivity index (χ4n) is 2.97. The Kier molecular flexibility index (Phi) is 6.75. The SMILES string of the molecule is CCOC(=O)Cc1ccc(NC(=O)C=Cc2cnn(C)c2-c2ccc(F)cc2)cc1. The number of aryl methyl sites for hydroxylation is 1. The molecule has 1 amide bonds. The Hall–Kier alpha value is -3.74. The lowest BCUT2D eigenvalue weighted by Gasteiger charge is -2.06. The summed E-state index contributed by atoms with van der Waals surface area (Å²) in [6.07, 6.45) is 4.91. The third kappa shape index (κ3) is 5.41. The van der Waals surface area contributed by atoms with E-state index in [1.54, 1.807) is 67.3 Å². The zero-order valence-corrected chi connectivity index (χ0v) is 16.8. The smallest absolute Gasteiger partial charge is 0.310 e. The fourth-order valence-corrected chi connectivity index (χ4v) is 2.97. The molecule has 0 atom stereocenters. The number of nitrogens with zero attached hydrogens (tertiary/aromatic N) is 2. The molecule has 3 aromatic rings. The maximum Gasteiger partial charge on any atom is 0.310 e. The molecule has 0 radical (unpaired) electrons. The Morgan fingerprint density at radius 2 is 1.83 bits per heavy atom. The quantitative estimate of drug-likeness (QED) is 0.475. The number of ether oxygens (including phenoxy) is 1. The highest BCUT2D eigenvalue weighted by atomic mass is 19.1. The first-order valence-electron chi connectivity index (χ1n) is 9.48. The van der Waals surface area contributed by atoms with Crippen LogP contribution in [0.2, 0.25) is 0 Å². The van der Waals surface area contributed by atoms with Crippen molar-refractivity contribution >= 4 is 23.6 Å². The Morgan fingerprint density at radius 1 is 1.13 bits per heavy atom. The number of aromatic nitrogens is 2. The molecule has 0 aliphatic carbocycles. The van der Waals surface area contributed by atoms with Gasteiger partial charge in [0.25, 0.3) is 0 Å². The van der Waals surface area contributed by atoms with E-state index >= 15 is 0 Å². The van der Waals surface area contributed by atoms with E-state index < -0.39 is 0 Å². The molecule has 0 fully saturated rings. The predicted octanol–water partition coefficient (Wildman–Crippen LogP) is 3.98. The van der Waals surface area contributed by atoms with Gasteiger partial charge in [-0.05, 0) is 55.0 Å². The van der Waals surface area contributed by atoms with Crippen LogP contribution in [0.5, 0.6) is 0 Å². The first kappa shape index (κ1) is 21.0. The highest BCUT2D eigenvalue weighted by Crippen LogP contribution is 2.24. The molecule has 154 valence electrons. The van der Waals surface area contributed by atoms with E-state index in [-0.39, 0.29) is 24.1 Å². The number of nitrogens with one attached hydrogen (secondary N) is 1. The minimum Gasteiger partial charge on any atom is -0.466 e. The molecule has 2 aromatic carbocycles. The molecule has 0 aliphatic rings. The number of hydrogen-bond donors (Lipinski definition) is 1. The number of benzene rings is 2. The van der Waals surface area contributed by atoms with Crippen molar-refractivity contribution in [1.29, 1.82) is 0 Å². The summed E-state index contributed by atoms with van der Waals surface area (Å²) in [4.78, 5) is 23.8. The maximum absolute atomic E-state index is 13.2. The van der Waals surface area contributed by atoms with Crippen molar-refractivity contribution < 1.29 is 18.7 Å². The van der Waals surface area contributed by atoms with Crippen molar-refractivity contribution in [2.24, 2.45) is 7.05 Å². The van der Waals surface area contributed by atoms with Gasteiger partial charge in [0.05, 0.1) is 24.9 Å². The van der Waals surface area contributed by atoms with Gasteiger partial charge in [0.2, 0.25) is 5.91 Å². The van der Waals surface area contributed by atoms with Crippen molar-refractivity contribution in [2.75, 3.05) is 11.9 Å². The topological polar surface area (TPSA) is 73.2 Å². The van der Waals surface area contributed by atoms with Crippen LogP contribution in [0, 0.1) is 5.82 Å². The minimum absolute atomic E-state index is 0.190. The van der Waals surface area contributed by atoms with Crippen LogP contribution in [-0.2, 0) is 27.8 Å².